The topological polar surface area (TPSA) is 51.8 Å². The Bertz CT molecular complexity index is 520. The van der Waals surface area contributed by atoms with Crippen LogP contribution in [0.4, 0.5) is 19.0 Å². The predicted molar refractivity (Wildman–Crippen MR) is 56.9 cm³/mol. The van der Waals surface area contributed by atoms with Crippen LogP contribution in [0.25, 0.3) is 11.3 Å². The van der Waals surface area contributed by atoms with E-state index in [1.807, 2.05) is 0 Å². The number of rotatable bonds is 1. The third kappa shape index (κ3) is 2.52. The molecule has 2 N–H and O–H groups in total. The lowest BCUT2D eigenvalue weighted by atomic mass is 10.1. The fraction of sp³-hybridized carbons (Fsp3) is 0.0909. The van der Waals surface area contributed by atoms with Gasteiger partial charge in [0.25, 0.3) is 0 Å². The number of halogens is 3. The van der Waals surface area contributed by atoms with E-state index >= 15 is 0 Å². The molecule has 1 aromatic heterocycles. The molecule has 0 saturated carbocycles. The normalized spacial score (nSPS) is 11.5. The molecule has 0 bridgehead atoms. The van der Waals surface area contributed by atoms with Gasteiger partial charge in [-0.25, -0.2) is 4.98 Å². The molecule has 3 nitrogen and oxygen atoms in total. The van der Waals surface area contributed by atoms with Crippen LogP contribution in [-0.4, -0.2) is 9.97 Å². The first-order valence-corrected chi connectivity index (χ1v) is 4.72. The Morgan fingerprint density at radius 2 is 1.82 bits per heavy atom. The van der Waals surface area contributed by atoms with Crippen LogP contribution in [0.2, 0.25) is 0 Å². The predicted octanol–water partition coefficient (Wildman–Crippen LogP) is 2.74. The van der Waals surface area contributed by atoms with Gasteiger partial charge in [-0.3, -0.25) is 4.98 Å². The van der Waals surface area contributed by atoms with Gasteiger partial charge < -0.3 is 5.73 Å². The van der Waals surface area contributed by atoms with Crippen LogP contribution in [0.3, 0.4) is 0 Å². The number of nitrogen functional groups attached to an aromatic ring is 1. The second kappa shape index (κ2) is 4.04. The summed E-state index contributed by atoms with van der Waals surface area (Å²) in [4.78, 5) is 7.70. The van der Waals surface area contributed by atoms with Crippen LogP contribution in [0.1, 0.15) is 5.56 Å². The first kappa shape index (κ1) is 11.4. The number of hydrogen-bond acceptors (Lipinski definition) is 3. The summed E-state index contributed by atoms with van der Waals surface area (Å²) in [6.07, 6.45) is -1.72. The highest BCUT2D eigenvalue weighted by Crippen LogP contribution is 2.31. The van der Waals surface area contributed by atoms with Gasteiger partial charge in [-0.1, -0.05) is 12.1 Å². The van der Waals surface area contributed by atoms with Crippen molar-refractivity contribution in [2.45, 2.75) is 6.18 Å². The average molecular weight is 239 g/mol. The summed E-state index contributed by atoms with van der Waals surface area (Å²) in [5.41, 5.74) is 5.34. The zero-order chi connectivity index (χ0) is 12.5. The molecule has 6 heteroatoms. The van der Waals surface area contributed by atoms with Gasteiger partial charge in [-0.05, 0) is 12.1 Å². The maximum atomic E-state index is 12.5. The lowest BCUT2D eigenvalue weighted by Gasteiger charge is -2.08. The van der Waals surface area contributed by atoms with Crippen LogP contribution < -0.4 is 5.73 Å². The summed E-state index contributed by atoms with van der Waals surface area (Å²) < 4.78 is 37.5. The number of alkyl halides is 3. The van der Waals surface area contributed by atoms with Crippen molar-refractivity contribution in [3.05, 3.63) is 42.2 Å². The lowest BCUT2D eigenvalue weighted by Crippen LogP contribution is -2.04. The molecule has 0 saturated heterocycles. The molecule has 0 amide bonds. The maximum Gasteiger partial charge on any atom is 0.416 e. The van der Waals surface area contributed by atoms with Gasteiger partial charge in [0.2, 0.25) is 0 Å². The summed E-state index contributed by atoms with van der Waals surface area (Å²) in [7, 11) is 0. The Labute approximate surface area is 95.1 Å². The van der Waals surface area contributed by atoms with Crippen molar-refractivity contribution in [1.29, 1.82) is 0 Å². The second-order valence-electron chi connectivity index (χ2n) is 3.41. The van der Waals surface area contributed by atoms with E-state index in [2.05, 4.69) is 9.97 Å². The van der Waals surface area contributed by atoms with Gasteiger partial charge in [0.15, 0.2) is 0 Å². The molecule has 17 heavy (non-hydrogen) atoms. The molecule has 0 unspecified atom stereocenters. The van der Waals surface area contributed by atoms with Crippen LogP contribution in [0, 0.1) is 0 Å². The van der Waals surface area contributed by atoms with E-state index in [0.717, 1.165) is 12.1 Å². The van der Waals surface area contributed by atoms with Crippen LogP contribution in [0.15, 0.2) is 36.7 Å². The van der Waals surface area contributed by atoms with Crippen molar-refractivity contribution in [3.8, 4) is 11.3 Å². The lowest BCUT2D eigenvalue weighted by molar-refractivity contribution is -0.137. The van der Waals surface area contributed by atoms with Gasteiger partial charge in [0, 0.05) is 5.56 Å². The Morgan fingerprint density at radius 1 is 1.06 bits per heavy atom. The highest BCUT2D eigenvalue weighted by atomic mass is 19.4. The molecule has 0 fully saturated rings. The van der Waals surface area contributed by atoms with E-state index in [1.54, 1.807) is 0 Å². The van der Waals surface area contributed by atoms with Gasteiger partial charge in [0.1, 0.15) is 5.82 Å². The molecule has 0 aliphatic heterocycles. The zero-order valence-corrected chi connectivity index (χ0v) is 8.57. The molecule has 0 atom stereocenters. The van der Waals surface area contributed by atoms with E-state index in [-0.39, 0.29) is 5.82 Å². The Kier molecular flexibility index (Phi) is 2.71. The van der Waals surface area contributed by atoms with Crippen molar-refractivity contribution in [2.75, 3.05) is 5.73 Å². The SMILES string of the molecule is Nc1cnc(-c2cccc(C(F)(F)F)c2)cn1. The highest BCUT2D eigenvalue weighted by Gasteiger charge is 2.30. The Hall–Kier alpha value is -2.11. The summed E-state index contributed by atoms with van der Waals surface area (Å²) in [6.45, 7) is 0. The first-order chi connectivity index (χ1) is 7.97. The minimum atomic E-state index is -4.36. The third-order valence-corrected chi connectivity index (χ3v) is 2.16. The fourth-order valence-electron chi connectivity index (χ4n) is 1.34. The third-order valence-electron chi connectivity index (χ3n) is 2.16. The van der Waals surface area contributed by atoms with Gasteiger partial charge in [0.05, 0.1) is 23.7 Å². The summed E-state index contributed by atoms with van der Waals surface area (Å²) in [6, 6.07) is 4.90. The van der Waals surface area contributed by atoms with E-state index in [0.29, 0.717) is 11.3 Å². The summed E-state index contributed by atoms with van der Waals surface area (Å²) >= 11 is 0. The largest absolute Gasteiger partial charge is 0.416 e. The van der Waals surface area contributed by atoms with E-state index < -0.39 is 11.7 Å². The molecule has 2 rings (SSSR count). The van der Waals surface area contributed by atoms with Crippen LogP contribution in [-0.2, 0) is 6.18 Å². The average Bonchev–Trinajstić information content (AvgIpc) is 2.29. The van der Waals surface area contributed by atoms with Crippen LogP contribution in [0.5, 0.6) is 0 Å². The number of hydrogen-bond donors (Lipinski definition) is 1. The van der Waals surface area contributed by atoms with Crippen molar-refractivity contribution in [1.82, 2.24) is 9.97 Å². The Balaban J connectivity index is 2.43. The van der Waals surface area contributed by atoms with Crippen LogP contribution >= 0.6 is 0 Å². The first-order valence-electron chi connectivity index (χ1n) is 4.72. The molecule has 0 aliphatic carbocycles. The van der Waals surface area contributed by atoms with Crippen molar-refractivity contribution < 1.29 is 13.2 Å². The van der Waals surface area contributed by atoms with Gasteiger partial charge >= 0.3 is 6.18 Å². The summed E-state index contributed by atoms with van der Waals surface area (Å²) in [5.74, 6) is 0.223. The molecule has 0 aliphatic rings. The maximum absolute atomic E-state index is 12.5. The highest BCUT2D eigenvalue weighted by molar-refractivity contribution is 5.59. The molecule has 1 heterocycles. The fourth-order valence-corrected chi connectivity index (χ4v) is 1.34. The number of anilines is 1. The van der Waals surface area contributed by atoms with E-state index in [9.17, 15) is 13.2 Å². The minimum absolute atomic E-state index is 0.223. The standard InChI is InChI=1S/C11H8F3N3/c12-11(13,14)8-3-1-2-7(4-8)9-5-17-10(15)6-16-9/h1-6H,(H2,15,17). The quantitative estimate of drug-likeness (QED) is 0.832. The van der Waals surface area contributed by atoms with Crippen molar-refractivity contribution in [2.24, 2.45) is 0 Å². The minimum Gasteiger partial charge on any atom is -0.382 e. The van der Waals surface area contributed by atoms with Crippen molar-refractivity contribution in [3.63, 3.8) is 0 Å². The molecule has 0 spiro atoms. The Morgan fingerprint density at radius 3 is 2.41 bits per heavy atom. The number of benzene rings is 1. The van der Waals surface area contributed by atoms with E-state index in [1.165, 1.54) is 24.5 Å². The van der Waals surface area contributed by atoms with Crippen molar-refractivity contribution >= 4 is 5.82 Å². The molecular formula is C11H8F3N3. The molecular weight excluding hydrogens is 231 g/mol. The molecule has 88 valence electrons. The zero-order valence-electron chi connectivity index (χ0n) is 8.57. The monoisotopic (exact) mass is 239 g/mol. The smallest absolute Gasteiger partial charge is 0.382 e. The second-order valence-corrected chi connectivity index (χ2v) is 3.41. The van der Waals surface area contributed by atoms with E-state index in [4.69, 9.17) is 5.73 Å². The van der Waals surface area contributed by atoms with Gasteiger partial charge in [-0.2, -0.15) is 13.2 Å². The molecule has 2 aromatic rings. The number of nitrogens with zero attached hydrogens (tertiary/aromatic N) is 2. The molecule has 0 radical (unpaired) electrons. The number of nitrogens with two attached hydrogens (primary N) is 1. The molecule has 1 aromatic carbocycles. The number of aromatic nitrogens is 2. The summed E-state index contributed by atoms with van der Waals surface area (Å²) in [5, 5.41) is 0. The van der Waals surface area contributed by atoms with Gasteiger partial charge in [-0.15, -0.1) is 0 Å².